The first-order valence-corrected chi connectivity index (χ1v) is 5.59. The van der Waals surface area contributed by atoms with Gasteiger partial charge in [-0.05, 0) is 19.1 Å². The molecule has 0 aliphatic rings. The van der Waals surface area contributed by atoms with Crippen molar-refractivity contribution in [1.82, 2.24) is 5.32 Å². The molecule has 100 valence electrons. The molecule has 0 spiro atoms. The second-order valence-corrected chi connectivity index (χ2v) is 3.95. The molecule has 1 aromatic rings. The maximum atomic E-state index is 13.1. The van der Waals surface area contributed by atoms with E-state index in [1.54, 1.807) is 6.92 Å². The van der Waals surface area contributed by atoms with E-state index in [0.29, 0.717) is 6.54 Å². The molecule has 3 N–H and O–H groups in total. The minimum absolute atomic E-state index is 0.0212. The molecular weight excluding hydrogens is 242 g/mol. The number of amides is 1. The normalized spacial score (nSPS) is 12.0. The highest BCUT2D eigenvalue weighted by atomic mass is 19.1. The van der Waals surface area contributed by atoms with E-state index in [-0.39, 0.29) is 30.7 Å². The van der Waals surface area contributed by atoms with Crippen LogP contribution in [0, 0.1) is 11.6 Å². The molecule has 1 amide bonds. The van der Waals surface area contributed by atoms with Gasteiger partial charge in [-0.2, -0.15) is 0 Å². The minimum Gasteiger partial charge on any atom is -0.490 e. The highest BCUT2D eigenvalue weighted by molar-refractivity contribution is 5.76. The lowest BCUT2D eigenvalue weighted by Gasteiger charge is -2.09. The summed E-state index contributed by atoms with van der Waals surface area (Å²) in [6.45, 7) is 2.17. The van der Waals surface area contributed by atoms with Gasteiger partial charge in [-0.15, -0.1) is 0 Å². The van der Waals surface area contributed by atoms with Crippen LogP contribution in [0.25, 0.3) is 0 Å². The molecule has 0 aliphatic heterocycles. The van der Waals surface area contributed by atoms with Crippen LogP contribution in [0.1, 0.15) is 13.3 Å². The van der Waals surface area contributed by atoms with Gasteiger partial charge < -0.3 is 15.8 Å². The van der Waals surface area contributed by atoms with Gasteiger partial charge in [0.05, 0.1) is 13.0 Å². The van der Waals surface area contributed by atoms with Crippen molar-refractivity contribution in [2.24, 2.45) is 5.73 Å². The summed E-state index contributed by atoms with van der Waals surface area (Å²) in [6, 6.07) is 2.88. The van der Waals surface area contributed by atoms with Crippen molar-refractivity contribution in [3.05, 3.63) is 29.8 Å². The molecule has 0 radical (unpaired) electrons. The van der Waals surface area contributed by atoms with Gasteiger partial charge in [-0.1, -0.05) is 0 Å². The number of nitrogens with two attached hydrogens (primary N) is 1. The van der Waals surface area contributed by atoms with Gasteiger partial charge in [-0.3, -0.25) is 4.79 Å². The average molecular weight is 258 g/mol. The number of hydrogen-bond acceptors (Lipinski definition) is 3. The molecule has 1 rings (SSSR count). The molecular formula is C12H16F2N2O2. The Morgan fingerprint density at radius 2 is 2.22 bits per heavy atom. The number of carbonyl (C=O) groups excluding carboxylic acids is 1. The van der Waals surface area contributed by atoms with E-state index in [4.69, 9.17) is 10.5 Å². The minimum atomic E-state index is -0.786. The van der Waals surface area contributed by atoms with Crippen molar-refractivity contribution in [1.29, 1.82) is 0 Å². The molecule has 4 nitrogen and oxygen atoms in total. The summed E-state index contributed by atoms with van der Waals surface area (Å²) in [6.07, 6.45) is 0.0868. The van der Waals surface area contributed by atoms with Crippen LogP contribution in [0.5, 0.6) is 5.75 Å². The standard InChI is InChI=1S/C12H16F2N2O2/c1-8(15)7-16-12(17)4-5-18-11-3-2-9(13)6-10(11)14/h2-3,6,8H,4-5,7,15H2,1H3,(H,16,17). The predicted molar refractivity (Wildman–Crippen MR) is 63.1 cm³/mol. The summed E-state index contributed by atoms with van der Waals surface area (Å²) in [7, 11) is 0. The van der Waals surface area contributed by atoms with Crippen LogP contribution in [0.15, 0.2) is 18.2 Å². The Hall–Kier alpha value is -1.69. The third kappa shape index (κ3) is 5.09. The zero-order valence-corrected chi connectivity index (χ0v) is 10.1. The Kier molecular flexibility index (Phi) is 5.51. The lowest BCUT2D eigenvalue weighted by molar-refractivity contribution is -0.121. The fourth-order valence-corrected chi connectivity index (χ4v) is 1.21. The fraction of sp³-hybridized carbons (Fsp3) is 0.417. The first-order valence-electron chi connectivity index (χ1n) is 5.59. The van der Waals surface area contributed by atoms with Gasteiger partial charge in [0.25, 0.3) is 0 Å². The van der Waals surface area contributed by atoms with E-state index in [0.717, 1.165) is 12.1 Å². The zero-order valence-electron chi connectivity index (χ0n) is 10.1. The van der Waals surface area contributed by atoms with Crippen molar-refractivity contribution in [2.45, 2.75) is 19.4 Å². The van der Waals surface area contributed by atoms with Crippen LogP contribution in [0.2, 0.25) is 0 Å². The maximum absolute atomic E-state index is 13.1. The van der Waals surface area contributed by atoms with E-state index < -0.39 is 11.6 Å². The molecule has 0 saturated carbocycles. The van der Waals surface area contributed by atoms with Gasteiger partial charge in [0.15, 0.2) is 11.6 Å². The molecule has 1 unspecified atom stereocenters. The summed E-state index contributed by atoms with van der Waals surface area (Å²) >= 11 is 0. The van der Waals surface area contributed by atoms with E-state index in [1.807, 2.05) is 0 Å². The highest BCUT2D eigenvalue weighted by Gasteiger charge is 2.06. The monoisotopic (exact) mass is 258 g/mol. The molecule has 1 atom stereocenters. The van der Waals surface area contributed by atoms with Crippen molar-refractivity contribution in [2.75, 3.05) is 13.2 Å². The molecule has 0 fully saturated rings. The SMILES string of the molecule is CC(N)CNC(=O)CCOc1ccc(F)cc1F. The largest absolute Gasteiger partial charge is 0.490 e. The summed E-state index contributed by atoms with van der Waals surface area (Å²) in [5, 5.41) is 2.59. The van der Waals surface area contributed by atoms with Crippen LogP contribution in [-0.4, -0.2) is 25.1 Å². The van der Waals surface area contributed by atoms with Gasteiger partial charge in [0.2, 0.25) is 5.91 Å². The summed E-state index contributed by atoms with van der Waals surface area (Å²) < 4.78 is 30.8. The lowest BCUT2D eigenvalue weighted by Crippen LogP contribution is -2.35. The maximum Gasteiger partial charge on any atom is 0.223 e. The first-order chi connectivity index (χ1) is 8.49. The quantitative estimate of drug-likeness (QED) is 0.805. The molecule has 6 heteroatoms. The zero-order chi connectivity index (χ0) is 13.5. The predicted octanol–water partition coefficient (Wildman–Crippen LogP) is 1.20. The van der Waals surface area contributed by atoms with E-state index in [2.05, 4.69) is 5.32 Å². The van der Waals surface area contributed by atoms with Gasteiger partial charge in [0.1, 0.15) is 5.82 Å². The third-order valence-electron chi connectivity index (χ3n) is 2.10. The summed E-state index contributed by atoms with van der Waals surface area (Å²) in [5.74, 6) is -1.76. The Balaban J connectivity index is 2.31. The lowest BCUT2D eigenvalue weighted by atomic mass is 10.3. The fourth-order valence-electron chi connectivity index (χ4n) is 1.21. The van der Waals surface area contributed by atoms with Crippen LogP contribution in [0.4, 0.5) is 8.78 Å². The molecule has 0 saturated heterocycles. The van der Waals surface area contributed by atoms with Crippen molar-refractivity contribution >= 4 is 5.91 Å². The number of benzene rings is 1. The van der Waals surface area contributed by atoms with Crippen LogP contribution in [-0.2, 0) is 4.79 Å². The number of rotatable bonds is 6. The Morgan fingerprint density at radius 1 is 1.50 bits per heavy atom. The molecule has 0 aliphatic carbocycles. The molecule has 0 aromatic heterocycles. The van der Waals surface area contributed by atoms with Gasteiger partial charge in [-0.25, -0.2) is 8.78 Å². The Morgan fingerprint density at radius 3 is 2.83 bits per heavy atom. The molecule has 0 heterocycles. The smallest absolute Gasteiger partial charge is 0.223 e. The summed E-state index contributed by atoms with van der Waals surface area (Å²) in [4.78, 5) is 11.3. The third-order valence-corrected chi connectivity index (χ3v) is 2.10. The Bertz CT molecular complexity index is 411. The number of carbonyl (C=O) groups is 1. The van der Waals surface area contributed by atoms with Crippen LogP contribution in [0.3, 0.4) is 0 Å². The summed E-state index contributed by atoms with van der Waals surface area (Å²) in [5.41, 5.74) is 5.46. The topological polar surface area (TPSA) is 64.3 Å². The van der Waals surface area contributed by atoms with E-state index in [1.165, 1.54) is 6.07 Å². The van der Waals surface area contributed by atoms with Crippen LogP contribution < -0.4 is 15.8 Å². The second-order valence-electron chi connectivity index (χ2n) is 3.95. The highest BCUT2D eigenvalue weighted by Crippen LogP contribution is 2.17. The van der Waals surface area contributed by atoms with Crippen LogP contribution >= 0.6 is 0 Å². The first kappa shape index (κ1) is 14.4. The number of hydrogen-bond donors (Lipinski definition) is 2. The molecule has 1 aromatic carbocycles. The molecule has 18 heavy (non-hydrogen) atoms. The number of nitrogens with one attached hydrogen (secondary N) is 1. The Labute approximate surface area is 104 Å². The van der Waals surface area contributed by atoms with Crippen molar-refractivity contribution in [3.63, 3.8) is 0 Å². The van der Waals surface area contributed by atoms with Gasteiger partial charge in [0, 0.05) is 18.7 Å². The van der Waals surface area contributed by atoms with E-state index in [9.17, 15) is 13.6 Å². The number of ether oxygens (including phenoxy) is 1. The average Bonchev–Trinajstić information content (AvgIpc) is 2.29. The number of halogens is 2. The van der Waals surface area contributed by atoms with Gasteiger partial charge >= 0.3 is 0 Å². The molecule has 0 bridgehead atoms. The van der Waals surface area contributed by atoms with Crippen molar-refractivity contribution in [3.8, 4) is 5.75 Å². The van der Waals surface area contributed by atoms with E-state index >= 15 is 0 Å². The van der Waals surface area contributed by atoms with Crippen molar-refractivity contribution < 1.29 is 18.3 Å². The second kappa shape index (κ2) is 6.90.